The SMILES string of the molecule is CCn1ccnc1SCc1cc(=O)oc2cc(C)c(Cl)cc12. The van der Waals surface area contributed by atoms with E-state index in [0.717, 1.165) is 28.2 Å². The summed E-state index contributed by atoms with van der Waals surface area (Å²) in [6, 6.07) is 5.19. The molecule has 0 atom stereocenters. The summed E-state index contributed by atoms with van der Waals surface area (Å²) < 4.78 is 7.34. The Balaban J connectivity index is 1.99. The fourth-order valence-corrected chi connectivity index (χ4v) is 3.46. The van der Waals surface area contributed by atoms with E-state index in [0.29, 0.717) is 16.4 Å². The zero-order chi connectivity index (χ0) is 15.7. The van der Waals surface area contributed by atoms with Gasteiger partial charge in [-0.25, -0.2) is 9.78 Å². The Bertz CT molecular complexity index is 885. The maximum absolute atomic E-state index is 11.8. The lowest BCUT2D eigenvalue weighted by molar-refractivity contribution is 0.559. The van der Waals surface area contributed by atoms with E-state index >= 15 is 0 Å². The summed E-state index contributed by atoms with van der Waals surface area (Å²) in [5.41, 5.74) is 2.03. The minimum absolute atomic E-state index is 0.344. The van der Waals surface area contributed by atoms with Crippen molar-refractivity contribution < 1.29 is 4.42 Å². The molecule has 0 saturated carbocycles. The van der Waals surface area contributed by atoms with Crippen LogP contribution >= 0.6 is 23.4 Å². The van der Waals surface area contributed by atoms with Gasteiger partial charge in [-0.05, 0) is 37.1 Å². The molecular weight excluding hydrogens is 320 g/mol. The molecule has 1 aromatic carbocycles. The highest BCUT2D eigenvalue weighted by Crippen LogP contribution is 2.29. The van der Waals surface area contributed by atoms with Crippen molar-refractivity contribution in [1.82, 2.24) is 9.55 Å². The molecule has 6 heteroatoms. The van der Waals surface area contributed by atoms with Crippen molar-refractivity contribution in [3.63, 3.8) is 0 Å². The third kappa shape index (κ3) is 2.91. The number of nitrogens with zero attached hydrogens (tertiary/aromatic N) is 2. The standard InChI is InChI=1S/C16H15ClN2O2S/c1-3-19-5-4-18-16(19)22-9-11-7-15(20)21-14-6-10(2)13(17)8-12(11)14/h4-8H,3,9H2,1-2H3. The summed E-state index contributed by atoms with van der Waals surface area (Å²) in [6.45, 7) is 4.83. The lowest BCUT2D eigenvalue weighted by Crippen LogP contribution is -2.01. The Kier molecular flexibility index (Phi) is 4.27. The minimum atomic E-state index is -0.344. The predicted molar refractivity (Wildman–Crippen MR) is 89.7 cm³/mol. The fraction of sp³-hybridized carbons (Fsp3) is 0.250. The van der Waals surface area contributed by atoms with Crippen molar-refractivity contribution in [1.29, 1.82) is 0 Å². The van der Waals surface area contributed by atoms with Crippen molar-refractivity contribution in [2.24, 2.45) is 0 Å². The molecule has 2 aromatic heterocycles. The van der Waals surface area contributed by atoms with Gasteiger partial charge in [-0.15, -0.1) is 0 Å². The topological polar surface area (TPSA) is 48.0 Å². The summed E-state index contributed by atoms with van der Waals surface area (Å²) >= 11 is 7.80. The van der Waals surface area contributed by atoms with Gasteiger partial charge in [0.2, 0.25) is 0 Å². The molecule has 0 fully saturated rings. The summed E-state index contributed by atoms with van der Waals surface area (Å²) in [7, 11) is 0. The van der Waals surface area contributed by atoms with Crippen LogP contribution in [0, 0.1) is 6.92 Å². The molecule has 114 valence electrons. The largest absolute Gasteiger partial charge is 0.423 e. The fourth-order valence-electron chi connectivity index (χ4n) is 2.29. The van der Waals surface area contributed by atoms with Crippen LogP contribution in [0.25, 0.3) is 11.0 Å². The Hall–Kier alpha value is -1.72. The number of rotatable bonds is 4. The van der Waals surface area contributed by atoms with Gasteiger partial charge < -0.3 is 8.98 Å². The Labute approximate surface area is 137 Å². The maximum atomic E-state index is 11.8. The second kappa shape index (κ2) is 6.18. The Morgan fingerprint density at radius 2 is 2.18 bits per heavy atom. The number of halogens is 1. The lowest BCUT2D eigenvalue weighted by atomic mass is 10.1. The highest BCUT2D eigenvalue weighted by Gasteiger charge is 2.10. The molecule has 0 N–H and O–H groups in total. The average molecular weight is 335 g/mol. The summed E-state index contributed by atoms with van der Waals surface area (Å²) in [6.07, 6.45) is 3.73. The van der Waals surface area contributed by atoms with E-state index < -0.39 is 0 Å². The molecule has 3 aromatic rings. The van der Waals surface area contributed by atoms with Crippen molar-refractivity contribution in [2.75, 3.05) is 0 Å². The molecule has 0 unspecified atom stereocenters. The highest BCUT2D eigenvalue weighted by atomic mass is 35.5. The lowest BCUT2D eigenvalue weighted by Gasteiger charge is -2.08. The van der Waals surface area contributed by atoms with Crippen LogP contribution in [0.5, 0.6) is 0 Å². The van der Waals surface area contributed by atoms with Gasteiger partial charge in [0.15, 0.2) is 5.16 Å². The van der Waals surface area contributed by atoms with E-state index in [1.54, 1.807) is 24.0 Å². The van der Waals surface area contributed by atoms with Gasteiger partial charge in [0, 0.05) is 41.2 Å². The normalized spacial score (nSPS) is 11.2. The minimum Gasteiger partial charge on any atom is -0.423 e. The van der Waals surface area contributed by atoms with E-state index in [1.165, 1.54) is 6.07 Å². The molecule has 0 amide bonds. The number of thioether (sulfide) groups is 1. The Morgan fingerprint density at radius 3 is 2.95 bits per heavy atom. The molecule has 0 aliphatic rings. The summed E-state index contributed by atoms with van der Waals surface area (Å²) in [4.78, 5) is 16.1. The Morgan fingerprint density at radius 1 is 1.36 bits per heavy atom. The van der Waals surface area contributed by atoms with Gasteiger partial charge in [0.05, 0.1) is 0 Å². The number of benzene rings is 1. The van der Waals surface area contributed by atoms with E-state index in [4.69, 9.17) is 16.0 Å². The van der Waals surface area contributed by atoms with Crippen molar-refractivity contribution >= 4 is 34.3 Å². The molecule has 0 spiro atoms. The van der Waals surface area contributed by atoms with Gasteiger partial charge in [-0.3, -0.25) is 0 Å². The second-order valence-electron chi connectivity index (χ2n) is 4.97. The van der Waals surface area contributed by atoms with Crippen LogP contribution < -0.4 is 5.63 Å². The average Bonchev–Trinajstić information content (AvgIpc) is 2.94. The number of hydrogen-bond acceptors (Lipinski definition) is 4. The number of imidazole rings is 1. The summed E-state index contributed by atoms with van der Waals surface area (Å²) in [5, 5.41) is 2.47. The van der Waals surface area contributed by atoms with Gasteiger partial charge in [0.25, 0.3) is 0 Å². The van der Waals surface area contributed by atoms with E-state index in [2.05, 4.69) is 16.5 Å². The van der Waals surface area contributed by atoms with Gasteiger partial charge >= 0.3 is 5.63 Å². The van der Waals surface area contributed by atoms with Crippen LogP contribution in [-0.2, 0) is 12.3 Å². The molecule has 3 rings (SSSR count). The molecule has 0 aliphatic heterocycles. The number of aryl methyl sites for hydroxylation is 2. The first-order chi connectivity index (χ1) is 10.6. The number of aromatic nitrogens is 2. The van der Waals surface area contributed by atoms with Crippen molar-refractivity contribution in [2.45, 2.75) is 31.3 Å². The van der Waals surface area contributed by atoms with Crippen molar-refractivity contribution in [3.8, 4) is 0 Å². The van der Waals surface area contributed by atoms with Gasteiger partial charge in [0.1, 0.15) is 5.58 Å². The van der Waals surface area contributed by atoms with Crippen LogP contribution in [0.3, 0.4) is 0 Å². The number of fused-ring (bicyclic) bond motifs is 1. The second-order valence-corrected chi connectivity index (χ2v) is 6.32. The zero-order valence-electron chi connectivity index (χ0n) is 12.3. The van der Waals surface area contributed by atoms with Crippen molar-refractivity contribution in [3.05, 3.63) is 57.2 Å². The molecular formula is C16H15ClN2O2S. The first kappa shape index (κ1) is 15.2. The molecule has 0 bridgehead atoms. The van der Waals surface area contributed by atoms with Crippen LogP contribution in [0.15, 0.2) is 45.0 Å². The predicted octanol–water partition coefficient (Wildman–Crippen LogP) is 4.26. The molecule has 0 aliphatic carbocycles. The van der Waals surface area contributed by atoms with Crippen LogP contribution in [0.4, 0.5) is 0 Å². The molecule has 22 heavy (non-hydrogen) atoms. The number of hydrogen-bond donors (Lipinski definition) is 0. The zero-order valence-corrected chi connectivity index (χ0v) is 13.9. The van der Waals surface area contributed by atoms with Crippen LogP contribution in [0.2, 0.25) is 5.02 Å². The first-order valence-corrected chi connectivity index (χ1v) is 8.31. The smallest absolute Gasteiger partial charge is 0.336 e. The van der Waals surface area contributed by atoms with Gasteiger partial charge in [-0.2, -0.15) is 0 Å². The first-order valence-electron chi connectivity index (χ1n) is 6.95. The van der Waals surface area contributed by atoms with E-state index in [1.807, 2.05) is 19.2 Å². The van der Waals surface area contributed by atoms with Crippen LogP contribution in [-0.4, -0.2) is 9.55 Å². The maximum Gasteiger partial charge on any atom is 0.336 e. The molecule has 0 radical (unpaired) electrons. The quantitative estimate of drug-likeness (QED) is 0.528. The molecule has 0 saturated heterocycles. The highest BCUT2D eigenvalue weighted by molar-refractivity contribution is 7.98. The van der Waals surface area contributed by atoms with Crippen LogP contribution in [0.1, 0.15) is 18.1 Å². The third-order valence-corrected chi connectivity index (χ3v) is 4.94. The summed E-state index contributed by atoms with van der Waals surface area (Å²) in [5.74, 6) is 0.637. The van der Waals surface area contributed by atoms with E-state index in [-0.39, 0.29) is 5.63 Å². The van der Waals surface area contributed by atoms with E-state index in [9.17, 15) is 4.79 Å². The van der Waals surface area contributed by atoms with Gasteiger partial charge in [-0.1, -0.05) is 23.4 Å². The molecule has 2 heterocycles. The molecule has 4 nitrogen and oxygen atoms in total. The third-order valence-electron chi connectivity index (χ3n) is 3.48. The monoisotopic (exact) mass is 334 g/mol.